The fraction of sp³-hybridized carbons (Fsp3) is 0.304. The molecule has 3 amide bonds. The summed E-state index contributed by atoms with van der Waals surface area (Å²) in [7, 11) is 0. The van der Waals surface area contributed by atoms with Gasteiger partial charge in [-0.2, -0.15) is 0 Å². The van der Waals surface area contributed by atoms with Crippen LogP contribution in [-0.4, -0.2) is 27.7 Å². The highest BCUT2D eigenvalue weighted by Gasteiger charge is 2.42. The summed E-state index contributed by atoms with van der Waals surface area (Å²) in [5.74, 6) is 0.208. The molecule has 0 saturated carbocycles. The molecule has 3 aromatic rings. The van der Waals surface area contributed by atoms with E-state index in [-0.39, 0.29) is 17.7 Å². The summed E-state index contributed by atoms with van der Waals surface area (Å²) in [6.45, 7) is 1.95. The summed E-state index contributed by atoms with van der Waals surface area (Å²) in [6.07, 6.45) is 2.27. The van der Waals surface area contributed by atoms with Gasteiger partial charge in [-0.25, -0.2) is 4.98 Å². The summed E-state index contributed by atoms with van der Waals surface area (Å²) in [6, 6.07) is 15.1. The van der Waals surface area contributed by atoms with Crippen LogP contribution in [0.4, 0.5) is 5.69 Å². The van der Waals surface area contributed by atoms with Crippen molar-refractivity contribution in [3.63, 3.8) is 0 Å². The Morgan fingerprint density at radius 3 is 2.60 bits per heavy atom. The lowest BCUT2D eigenvalue weighted by molar-refractivity contribution is -0.138. The van der Waals surface area contributed by atoms with Crippen LogP contribution >= 0.6 is 0 Å². The molecule has 30 heavy (non-hydrogen) atoms. The number of aromatic amines is 1. The standard InChI is InChI=1S/C23H24N4O3/c1-2-23(14-13-21(29)27-22(23)30)15-7-9-16(10-8-15)24-20(28)12-11-19-25-17-5-3-4-6-18(17)26-19/h3-10H,2,11-14H2,1H3,(H,24,28)(H,25,26)(H,27,29,30). The van der Waals surface area contributed by atoms with E-state index < -0.39 is 5.41 Å². The van der Waals surface area contributed by atoms with Gasteiger partial charge in [0, 0.05) is 24.9 Å². The summed E-state index contributed by atoms with van der Waals surface area (Å²) in [5, 5.41) is 5.34. The number of aryl methyl sites for hydroxylation is 1. The van der Waals surface area contributed by atoms with Gasteiger partial charge in [-0.1, -0.05) is 31.2 Å². The van der Waals surface area contributed by atoms with Crippen molar-refractivity contribution in [3.8, 4) is 0 Å². The van der Waals surface area contributed by atoms with Crippen LogP contribution in [0.1, 0.15) is 44.0 Å². The van der Waals surface area contributed by atoms with Crippen molar-refractivity contribution in [2.45, 2.75) is 44.4 Å². The normalized spacial score (nSPS) is 19.0. The number of rotatable bonds is 6. The average Bonchev–Trinajstić information content (AvgIpc) is 3.17. The zero-order valence-corrected chi connectivity index (χ0v) is 16.8. The molecular weight excluding hydrogens is 380 g/mol. The molecule has 4 rings (SSSR count). The van der Waals surface area contributed by atoms with Gasteiger partial charge in [0.25, 0.3) is 0 Å². The molecule has 0 aliphatic carbocycles. The van der Waals surface area contributed by atoms with Crippen LogP contribution in [0.5, 0.6) is 0 Å². The van der Waals surface area contributed by atoms with Crippen molar-refractivity contribution in [1.29, 1.82) is 0 Å². The van der Waals surface area contributed by atoms with Crippen LogP contribution in [-0.2, 0) is 26.2 Å². The monoisotopic (exact) mass is 404 g/mol. The van der Waals surface area contributed by atoms with Gasteiger partial charge in [0.05, 0.1) is 16.4 Å². The molecule has 3 N–H and O–H groups in total. The third-order valence-electron chi connectivity index (χ3n) is 5.82. The first-order chi connectivity index (χ1) is 14.5. The SMILES string of the molecule is CCC1(c2ccc(NC(=O)CCc3nc4ccccc4[nH]3)cc2)CCC(=O)NC1=O. The van der Waals surface area contributed by atoms with E-state index in [0.717, 1.165) is 22.4 Å². The molecule has 1 atom stereocenters. The van der Waals surface area contributed by atoms with Crippen LogP contribution < -0.4 is 10.6 Å². The van der Waals surface area contributed by atoms with Crippen LogP contribution in [0, 0.1) is 0 Å². The summed E-state index contributed by atoms with van der Waals surface area (Å²) in [4.78, 5) is 44.1. The van der Waals surface area contributed by atoms with Gasteiger partial charge in [-0.05, 0) is 42.7 Å². The summed E-state index contributed by atoms with van der Waals surface area (Å²) < 4.78 is 0. The van der Waals surface area contributed by atoms with Crippen molar-refractivity contribution >= 4 is 34.4 Å². The Bertz CT molecular complexity index is 1070. The lowest BCUT2D eigenvalue weighted by Crippen LogP contribution is -2.51. The number of carbonyl (C=O) groups excluding carboxylic acids is 3. The van der Waals surface area contributed by atoms with Crippen molar-refractivity contribution < 1.29 is 14.4 Å². The van der Waals surface area contributed by atoms with Crippen molar-refractivity contribution in [3.05, 3.63) is 59.9 Å². The second-order valence-corrected chi connectivity index (χ2v) is 7.64. The minimum Gasteiger partial charge on any atom is -0.342 e. The Hall–Kier alpha value is -3.48. The minimum absolute atomic E-state index is 0.102. The lowest BCUT2D eigenvalue weighted by atomic mass is 9.72. The fourth-order valence-corrected chi connectivity index (χ4v) is 4.02. The third kappa shape index (κ3) is 3.83. The molecule has 7 nitrogen and oxygen atoms in total. The number of fused-ring (bicyclic) bond motifs is 1. The van der Waals surface area contributed by atoms with Crippen LogP contribution in [0.3, 0.4) is 0 Å². The van der Waals surface area contributed by atoms with Crippen LogP contribution in [0.25, 0.3) is 11.0 Å². The van der Waals surface area contributed by atoms with E-state index >= 15 is 0 Å². The van der Waals surface area contributed by atoms with Gasteiger partial charge in [-0.3, -0.25) is 19.7 Å². The Kier molecular flexibility index (Phi) is 5.35. The van der Waals surface area contributed by atoms with Gasteiger partial charge in [0.2, 0.25) is 17.7 Å². The predicted octanol–water partition coefficient (Wildman–Crippen LogP) is 3.22. The first-order valence-corrected chi connectivity index (χ1v) is 10.2. The molecule has 1 aliphatic rings. The second-order valence-electron chi connectivity index (χ2n) is 7.64. The number of carbonyl (C=O) groups is 3. The molecule has 1 aromatic heterocycles. The lowest BCUT2D eigenvalue weighted by Gasteiger charge is -2.35. The highest BCUT2D eigenvalue weighted by atomic mass is 16.2. The molecular formula is C23H24N4O3. The van der Waals surface area contributed by atoms with Gasteiger partial charge in [0.1, 0.15) is 5.82 Å². The molecule has 2 heterocycles. The molecule has 1 unspecified atom stereocenters. The number of H-pyrrole nitrogens is 1. The zero-order chi connectivity index (χ0) is 21.1. The van der Waals surface area contributed by atoms with E-state index in [1.807, 2.05) is 43.3 Å². The Morgan fingerprint density at radius 2 is 1.90 bits per heavy atom. The van der Waals surface area contributed by atoms with E-state index in [2.05, 4.69) is 20.6 Å². The molecule has 0 radical (unpaired) electrons. The molecule has 1 aliphatic heterocycles. The zero-order valence-electron chi connectivity index (χ0n) is 16.8. The number of nitrogens with one attached hydrogen (secondary N) is 3. The Morgan fingerprint density at radius 1 is 1.13 bits per heavy atom. The molecule has 0 spiro atoms. The maximum absolute atomic E-state index is 12.5. The van der Waals surface area contributed by atoms with E-state index in [9.17, 15) is 14.4 Å². The van der Waals surface area contributed by atoms with Crippen LogP contribution in [0.2, 0.25) is 0 Å². The highest BCUT2D eigenvalue weighted by molar-refractivity contribution is 6.03. The Labute approximate surface area is 174 Å². The summed E-state index contributed by atoms with van der Waals surface area (Å²) >= 11 is 0. The van der Waals surface area contributed by atoms with E-state index in [1.54, 1.807) is 12.1 Å². The number of hydrogen-bond donors (Lipinski definition) is 3. The number of piperidine rings is 1. The minimum atomic E-state index is -0.697. The maximum atomic E-state index is 12.5. The molecule has 1 fully saturated rings. The van der Waals surface area contributed by atoms with Gasteiger partial charge >= 0.3 is 0 Å². The highest BCUT2D eigenvalue weighted by Crippen LogP contribution is 2.36. The number of para-hydroxylation sites is 2. The fourth-order valence-electron chi connectivity index (χ4n) is 4.02. The van der Waals surface area contributed by atoms with Gasteiger partial charge in [-0.15, -0.1) is 0 Å². The van der Waals surface area contributed by atoms with Crippen molar-refractivity contribution in [2.24, 2.45) is 0 Å². The smallest absolute Gasteiger partial charge is 0.237 e. The molecule has 1 saturated heterocycles. The molecule has 2 aromatic carbocycles. The number of imidazole rings is 1. The number of nitrogens with zero attached hydrogens (tertiary/aromatic N) is 1. The molecule has 7 heteroatoms. The number of amides is 3. The van der Waals surface area contributed by atoms with Crippen molar-refractivity contribution in [1.82, 2.24) is 15.3 Å². The Balaban J connectivity index is 1.38. The average molecular weight is 404 g/mol. The maximum Gasteiger partial charge on any atom is 0.237 e. The third-order valence-corrected chi connectivity index (χ3v) is 5.82. The second kappa shape index (κ2) is 8.10. The number of aromatic nitrogens is 2. The predicted molar refractivity (Wildman–Crippen MR) is 114 cm³/mol. The van der Waals surface area contributed by atoms with Gasteiger partial charge in [0.15, 0.2) is 0 Å². The number of imide groups is 1. The van der Waals surface area contributed by atoms with Crippen LogP contribution in [0.15, 0.2) is 48.5 Å². The number of benzene rings is 2. The largest absolute Gasteiger partial charge is 0.342 e. The number of anilines is 1. The van der Waals surface area contributed by atoms with E-state index in [0.29, 0.717) is 37.8 Å². The topological polar surface area (TPSA) is 104 Å². The molecule has 154 valence electrons. The quantitative estimate of drug-likeness (QED) is 0.549. The number of hydrogen-bond acceptors (Lipinski definition) is 4. The van der Waals surface area contributed by atoms with Gasteiger partial charge < -0.3 is 10.3 Å². The summed E-state index contributed by atoms with van der Waals surface area (Å²) in [5.41, 5.74) is 2.68. The first-order valence-electron chi connectivity index (χ1n) is 10.2. The van der Waals surface area contributed by atoms with E-state index in [1.165, 1.54) is 0 Å². The van der Waals surface area contributed by atoms with E-state index in [4.69, 9.17) is 0 Å². The first kappa shape index (κ1) is 19.8. The molecule has 0 bridgehead atoms. The van der Waals surface area contributed by atoms with Crippen molar-refractivity contribution in [2.75, 3.05) is 5.32 Å².